The smallest absolute Gasteiger partial charge is 0.125 e. The first kappa shape index (κ1) is 13.4. The van der Waals surface area contributed by atoms with Gasteiger partial charge in [-0.05, 0) is 43.2 Å². The Morgan fingerprint density at radius 1 is 1.28 bits per heavy atom. The van der Waals surface area contributed by atoms with Gasteiger partial charge in [0, 0.05) is 10.4 Å². The first-order chi connectivity index (χ1) is 8.52. The van der Waals surface area contributed by atoms with E-state index >= 15 is 0 Å². The van der Waals surface area contributed by atoms with Crippen molar-refractivity contribution in [1.82, 2.24) is 0 Å². The second-order valence-electron chi connectivity index (χ2n) is 4.24. The molecule has 18 heavy (non-hydrogen) atoms. The number of rotatable bonds is 3. The van der Waals surface area contributed by atoms with Crippen molar-refractivity contribution in [1.29, 1.82) is 0 Å². The van der Waals surface area contributed by atoms with Gasteiger partial charge in [0.1, 0.15) is 11.9 Å². The minimum absolute atomic E-state index is 0.674. The third-order valence-electron chi connectivity index (χ3n) is 2.85. The molecule has 0 amide bonds. The molecular weight excluding hydrogens is 268 g/mol. The minimum atomic E-state index is -0.696. The Labute approximate surface area is 116 Å². The summed E-state index contributed by atoms with van der Waals surface area (Å²) in [6.45, 7) is 3.98. The third kappa shape index (κ3) is 2.53. The Balaban J connectivity index is 2.50. The molecule has 0 saturated carbocycles. The third-order valence-corrected chi connectivity index (χ3v) is 4.13. The maximum absolute atomic E-state index is 10.5. The molecule has 1 N–H and O–H groups in total. The summed E-state index contributed by atoms with van der Waals surface area (Å²) >= 11 is 7.29. The molecule has 0 radical (unpaired) electrons. The average molecular weight is 283 g/mol. The average Bonchev–Trinajstić information content (AvgIpc) is 2.74. The van der Waals surface area contributed by atoms with Gasteiger partial charge in [-0.2, -0.15) is 0 Å². The summed E-state index contributed by atoms with van der Waals surface area (Å²) in [7, 11) is 1.62. The maximum atomic E-state index is 10.5. The van der Waals surface area contributed by atoms with Gasteiger partial charge in [-0.1, -0.05) is 17.7 Å². The van der Waals surface area contributed by atoms with Crippen molar-refractivity contribution in [3.63, 3.8) is 0 Å². The van der Waals surface area contributed by atoms with Crippen molar-refractivity contribution in [3.05, 3.63) is 50.2 Å². The molecule has 1 aromatic heterocycles. The number of aryl methyl sites for hydroxylation is 2. The quantitative estimate of drug-likeness (QED) is 0.918. The fraction of sp³-hybridized carbons (Fsp3) is 0.286. The molecule has 1 heterocycles. The highest BCUT2D eigenvalue weighted by Crippen LogP contribution is 2.37. The van der Waals surface area contributed by atoms with Gasteiger partial charge in [0.05, 0.1) is 11.4 Å². The van der Waals surface area contributed by atoms with Gasteiger partial charge in [-0.15, -0.1) is 11.3 Å². The van der Waals surface area contributed by atoms with E-state index in [0.717, 1.165) is 21.6 Å². The maximum Gasteiger partial charge on any atom is 0.125 e. The number of hydrogen-bond donors (Lipinski definition) is 1. The van der Waals surface area contributed by atoms with Crippen molar-refractivity contribution in [2.75, 3.05) is 7.11 Å². The van der Waals surface area contributed by atoms with Gasteiger partial charge >= 0.3 is 0 Å². The Bertz CT molecular complexity index is 563. The van der Waals surface area contributed by atoms with Gasteiger partial charge in [-0.25, -0.2) is 0 Å². The highest BCUT2D eigenvalue weighted by atomic mass is 35.5. The van der Waals surface area contributed by atoms with Crippen molar-refractivity contribution in [2.45, 2.75) is 20.0 Å². The second kappa shape index (κ2) is 5.31. The summed E-state index contributed by atoms with van der Waals surface area (Å²) in [6, 6.07) is 7.61. The van der Waals surface area contributed by atoms with E-state index in [4.69, 9.17) is 16.3 Å². The van der Waals surface area contributed by atoms with E-state index in [1.807, 2.05) is 32.0 Å². The molecule has 1 unspecified atom stereocenters. The Morgan fingerprint density at radius 3 is 2.56 bits per heavy atom. The van der Waals surface area contributed by atoms with Crippen LogP contribution in [-0.2, 0) is 0 Å². The summed E-state index contributed by atoms with van der Waals surface area (Å²) < 4.78 is 6.04. The molecule has 0 aliphatic carbocycles. The van der Waals surface area contributed by atoms with Crippen LogP contribution in [0.25, 0.3) is 0 Å². The Kier molecular flexibility index (Phi) is 3.95. The zero-order valence-electron chi connectivity index (χ0n) is 10.5. The lowest BCUT2D eigenvalue weighted by molar-refractivity contribution is 0.217. The van der Waals surface area contributed by atoms with Crippen LogP contribution >= 0.6 is 22.9 Å². The molecule has 0 aliphatic rings. The lowest BCUT2D eigenvalue weighted by atomic mass is 9.99. The fourth-order valence-corrected chi connectivity index (χ4v) is 3.13. The van der Waals surface area contributed by atoms with E-state index in [-0.39, 0.29) is 0 Å². The van der Waals surface area contributed by atoms with Crippen LogP contribution in [0.15, 0.2) is 24.3 Å². The van der Waals surface area contributed by atoms with Gasteiger partial charge in [0.15, 0.2) is 0 Å². The van der Waals surface area contributed by atoms with Crippen LogP contribution in [0, 0.1) is 13.8 Å². The van der Waals surface area contributed by atoms with Crippen LogP contribution in [0.3, 0.4) is 0 Å². The van der Waals surface area contributed by atoms with E-state index in [0.29, 0.717) is 10.1 Å². The van der Waals surface area contributed by atoms with Crippen LogP contribution in [0.1, 0.15) is 27.7 Å². The zero-order valence-corrected chi connectivity index (χ0v) is 12.1. The number of ether oxygens (including phenoxy) is 1. The number of benzene rings is 1. The van der Waals surface area contributed by atoms with Crippen LogP contribution < -0.4 is 4.74 Å². The highest BCUT2D eigenvalue weighted by Gasteiger charge is 2.19. The molecule has 96 valence electrons. The number of halogens is 1. The largest absolute Gasteiger partial charge is 0.496 e. The number of aliphatic hydroxyl groups excluding tert-OH is 1. The number of hydrogen-bond acceptors (Lipinski definition) is 3. The SMILES string of the molecule is COc1cc(C)cc(C)c1C(O)c1ccc(Cl)s1. The Hall–Kier alpha value is -1.03. The summed E-state index contributed by atoms with van der Waals surface area (Å²) in [5.74, 6) is 0.713. The molecule has 1 aromatic carbocycles. The lowest BCUT2D eigenvalue weighted by Crippen LogP contribution is -2.04. The van der Waals surface area contributed by atoms with Crippen LogP contribution in [0.2, 0.25) is 4.34 Å². The van der Waals surface area contributed by atoms with E-state index in [1.54, 1.807) is 13.2 Å². The van der Waals surface area contributed by atoms with Gasteiger partial charge in [-0.3, -0.25) is 0 Å². The van der Waals surface area contributed by atoms with E-state index in [2.05, 4.69) is 0 Å². The Morgan fingerprint density at radius 2 is 2.00 bits per heavy atom. The molecule has 0 saturated heterocycles. The van der Waals surface area contributed by atoms with Crippen molar-refractivity contribution in [2.24, 2.45) is 0 Å². The molecule has 0 fully saturated rings. The van der Waals surface area contributed by atoms with Crippen LogP contribution in [-0.4, -0.2) is 12.2 Å². The van der Waals surface area contributed by atoms with Crippen molar-refractivity contribution in [3.8, 4) is 5.75 Å². The van der Waals surface area contributed by atoms with Crippen molar-refractivity contribution >= 4 is 22.9 Å². The van der Waals surface area contributed by atoms with Gasteiger partial charge < -0.3 is 9.84 Å². The predicted molar refractivity (Wildman–Crippen MR) is 75.9 cm³/mol. The molecule has 2 aromatic rings. The van der Waals surface area contributed by atoms with E-state index in [1.165, 1.54) is 11.3 Å². The first-order valence-corrected chi connectivity index (χ1v) is 6.80. The topological polar surface area (TPSA) is 29.5 Å². The van der Waals surface area contributed by atoms with Crippen LogP contribution in [0.5, 0.6) is 5.75 Å². The van der Waals surface area contributed by atoms with Gasteiger partial charge in [0.25, 0.3) is 0 Å². The monoisotopic (exact) mass is 282 g/mol. The van der Waals surface area contributed by atoms with Gasteiger partial charge in [0.2, 0.25) is 0 Å². The molecule has 2 rings (SSSR count). The zero-order chi connectivity index (χ0) is 13.3. The summed E-state index contributed by atoms with van der Waals surface area (Å²) in [5.41, 5.74) is 2.94. The summed E-state index contributed by atoms with van der Waals surface area (Å²) in [6.07, 6.45) is -0.696. The summed E-state index contributed by atoms with van der Waals surface area (Å²) in [5, 5.41) is 10.5. The number of aliphatic hydroxyl groups is 1. The molecule has 2 nitrogen and oxygen atoms in total. The van der Waals surface area contributed by atoms with Crippen molar-refractivity contribution < 1.29 is 9.84 Å². The van der Waals surface area contributed by atoms with Crippen LogP contribution in [0.4, 0.5) is 0 Å². The molecule has 1 atom stereocenters. The molecule has 0 aliphatic heterocycles. The molecule has 4 heteroatoms. The number of thiophene rings is 1. The highest BCUT2D eigenvalue weighted by molar-refractivity contribution is 7.16. The fourth-order valence-electron chi connectivity index (χ4n) is 2.08. The lowest BCUT2D eigenvalue weighted by Gasteiger charge is -2.17. The predicted octanol–water partition coefficient (Wildman–Crippen LogP) is 4.11. The molecule has 0 bridgehead atoms. The summed E-state index contributed by atoms with van der Waals surface area (Å²) in [4.78, 5) is 0.824. The number of methoxy groups -OCH3 is 1. The molecular formula is C14H15ClO2S. The molecule has 0 spiro atoms. The van der Waals surface area contributed by atoms with E-state index in [9.17, 15) is 5.11 Å². The van der Waals surface area contributed by atoms with E-state index < -0.39 is 6.10 Å². The first-order valence-electron chi connectivity index (χ1n) is 5.61. The minimum Gasteiger partial charge on any atom is -0.496 e. The standard InChI is InChI=1S/C14H15ClO2S/c1-8-6-9(2)13(10(7-8)17-3)14(16)11-4-5-12(15)18-11/h4-7,14,16H,1-3H3. The second-order valence-corrected chi connectivity index (χ2v) is 5.99. The normalized spacial score (nSPS) is 12.5.